The lowest BCUT2D eigenvalue weighted by Crippen LogP contribution is -2.25. The van der Waals surface area contributed by atoms with E-state index < -0.39 is 23.2 Å². The zero-order valence-electron chi connectivity index (χ0n) is 14.9. The van der Waals surface area contributed by atoms with Crippen LogP contribution in [0.5, 0.6) is 11.5 Å². The minimum absolute atomic E-state index is 0.0265. The van der Waals surface area contributed by atoms with Crippen LogP contribution in [0.1, 0.15) is 27.7 Å². The molecule has 2 aromatic carbocycles. The summed E-state index contributed by atoms with van der Waals surface area (Å²) in [7, 11) is 4.61. The molecule has 27 heavy (non-hydrogen) atoms. The number of hydrogen-bond acceptors (Lipinski definition) is 5. The zero-order chi connectivity index (χ0) is 19.3. The summed E-state index contributed by atoms with van der Waals surface area (Å²) in [5.41, 5.74) is 0.594. The molecule has 138 valence electrons. The number of hydrogen-bond donors (Lipinski definition) is 0. The Hall–Kier alpha value is -3.35. The quantitative estimate of drug-likeness (QED) is 0.710. The molecule has 1 amide bonds. The van der Waals surface area contributed by atoms with Gasteiger partial charge in [-0.1, -0.05) is 6.07 Å². The number of rotatable bonds is 3. The Morgan fingerprint density at radius 3 is 2.48 bits per heavy atom. The molecule has 7 heteroatoms. The van der Waals surface area contributed by atoms with Crippen molar-refractivity contribution in [1.82, 2.24) is 4.90 Å². The van der Waals surface area contributed by atoms with Gasteiger partial charge in [0.2, 0.25) is 5.76 Å². The summed E-state index contributed by atoms with van der Waals surface area (Å²) in [6, 6.07) is 8.15. The molecule has 0 bridgehead atoms. The van der Waals surface area contributed by atoms with Gasteiger partial charge in [-0.05, 0) is 35.9 Å². The van der Waals surface area contributed by atoms with Crippen LogP contribution in [0.25, 0.3) is 11.0 Å². The minimum atomic E-state index is -0.670. The average Bonchev–Trinajstić information content (AvgIpc) is 2.93. The molecule has 0 unspecified atom stereocenters. The van der Waals surface area contributed by atoms with Crippen LogP contribution < -0.4 is 14.9 Å². The van der Waals surface area contributed by atoms with Crippen molar-refractivity contribution in [2.75, 3.05) is 21.3 Å². The molecule has 0 saturated carbocycles. The van der Waals surface area contributed by atoms with E-state index in [1.807, 2.05) is 0 Å². The largest absolute Gasteiger partial charge is 0.493 e. The Labute approximate surface area is 153 Å². The highest BCUT2D eigenvalue weighted by Gasteiger charge is 2.41. The number of fused-ring (bicyclic) bond motifs is 2. The van der Waals surface area contributed by atoms with Crippen molar-refractivity contribution in [3.05, 3.63) is 69.3 Å². The molecule has 0 spiro atoms. The number of carbonyl (C=O) groups excluding carboxylic acids is 1. The molecule has 1 aromatic heterocycles. The highest BCUT2D eigenvalue weighted by molar-refractivity contribution is 5.98. The van der Waals surface area contributed by atoms with Crippen LogP contribution in [0.3, 0.4) is 0 Å². The van der Waals surface area contributed by atoms with Crippen molar-refractivity contribution in [3.8, 4) is 11.5 Å². The van der Waals surface area contributed by atoms with Gasteiger partial charge in [0.1, 0.15) is 11.4 Å². The molecule has 2 heterocycles. The summed E-state index contributed by atoms with van der Waals surface area (Å²) >= 11 is 0. The van der Waals surface area contributed by atoms with Crippen LogP contribution in [0.4, 0.5) is 4.39 Å². The number of benzene rings is 2. The first-order valence-corrected chi connectivity index (χ1v) is 8.21. The Balaban J connectivity index is 1.98. The Morgan fingerprint density at radius 2 is 1.78 bits per heavy atom. The molecule has 1 atom stereocenters. The van der Waals surface area contributed by atoms with Crippen molar-refractivity contribution < 1.29 is 23.1 Å². The molecule has 1 aliphatic rings. The van der Waals surface area contributed by atoms with E-state index in [0.29, 0.717) is 17.1 Å². The predicted molar refractivity (Wildman–Crippen MR) is 95.9 cm³/mol. The fourth-order valence-corrected chi connectivity index (χ4v) is 3.47. The third kappa shape index (κ3) is 2.46. The van der Waals surface area contributed by atoms with Crippen LogP contribution in [-0.4, -0.2) is 32.1 Å². The van der Waals surface area contributed by atoms with Crippen molar-refractivity contribution in [2.45, 2.75) is 6.04 Å². The van der Waals surface area contributed by atoms with Crippen LogP contribution in [0.2, 0.25) is 0 Å². The predicted octanol–water partition coefficient (Wildman–Crippen LogP) is 3.12. The van der Waals surface area contributed by atoms with Gasteiger partial charge in [0.25, 0.3) is 5.91 Å². The molecule has 0 N–H and O–H groups in total. The van der Waals surface area contributed by atoms with Crippen molar-refractivity contribution in [3.63, 3.8) is 0 Å². The molecule has 0 aliphatic carbocycles. The van der Waals surface area contributed by atoms with Gasteiger partial charge in [0, 0.05) is 7.05 Å². The van der Waals surface area contributed by atoms with E-state index in [9.17, 15) is 14.0 Å². The molecule has 0 radical (unpaired) electrons. The lowest BCUT2D eigenvalue weighted by molar-refractivity contribution is 0.0771. The molecule has 0 saturated heterocycles. The number of ether oxygens (including phenoxy) is 2. The van der Waals surface area contributed by atoms with E-state index in [2.05, 4.69) is 0 Å². The van der Waals surface area contributed by atoms with Gasteiger partial charge in [-0.3, -0.25) is 9.59 Å². The molecular weight excluding hydrogens is 353 g/mol. The van der Waals surface area contributed by atoms with Crippen LogP contribution >= 0.6 is 0 Å². The van der Waals surface area contributed by atoms with Gasteiger partial charge in [-0.15, -0.1) is 0 Å². The Bertz CT molecular complexity index is 1140. The lowest BCUT2D eigenvalue weighted by Gasteiger charge is -2.21. The molecule has 6 nitrogen and oxygen atoms in total. The second-order valence-corrected chi connectivity index (χ2v) is 6.25. The highest BCUT2D eigenvalue weighted by atomic mass is 19.1. The second-order valence-electron chi connectivity index (χ2n) is 6.25. The Morgan fingerprint density at radius 1 is 1.04 bits per heavy atom. The summed E-state index contributed by atoms with van der Waals surface area (Å²) in [5, 5.41) is 0.0994. The fraction of sp³-hybridized carbons (Fsp3) is 0.200. The Kier molecular flexibility index (Phi) is 3.87. The zero-order valence-corrected chi connectivity index (χ0v) is 14.9. The molecule has 4 rings (SSSR count). The van der Waals surface area contributed by atoms with E-state index in [0.717, 1.165) is 6.07 Å². The van der Waals surface area contributed by atoms with Gasteiger partial charge in [0.15, 0.2) is 16.9 Å². The normalized spacial score (nSPS) is 15.9. The fourth-order valence-electron chi connectivity index (χ4n) is 3.47. The summed E-state index contributed by atoms with van der Waals surface area (Å²) in [6.45, 7) is 0. The number of amides is 1. The van der Waals surface area contributed by atoms with Gasteiger partial charge >= 0.3 is 0 Å². The van der Waals surface area contributed by atoms with E-state index in [4.69, 9.17) is 13.9 Å². The molecule has 0 fully saturated rings. The number of nitrogens with zero attached hydrogens (tertiary/aromatic N) is 1. The van der Waals surface area contributed by atoms with E-state index in [-0.39, 0.29) is 22.3 Å². The van der Waals surface area contributed by atoms with Crippen molar-refractivity contribution >= 4 is 16.9 Å². The monoisotopic (exact) mass is 369 g/mol. The molecular formula is C20H16FNO5. The highest BCUT2D eigenvalue weighted by Crippen LogP contribution is 2.39. The van der Waals surface area contributed by atoms with Crippen molar-refractivity contribution in [2.24, 2.45) is 0 Å². The minimum Gasteiger partial charge on any atom is -0.493 e. The van der Waals surface area contributed by atoms with Crippen LogP contribution in [0, 0.1) is 5.82 Å². The topological polar surface area (TPSA) is 69.0 Å². The SMILES string of the molecule is COc1ccc([C@@H]2c3c(oc4ccc(F)cc4c3=O)C(=O)N2C)cc1OC. The average molecular weight is 369 g/mol. The summed E-state index contributed by atoms with van der Waals surface area (Å²) < 4.78 is 29.9. The molecule has 1 aliphatic heterocycles. The summed E-state index contributed by atoms with van der Waals surface area (Å²) in [5.74, 6) is 0.0196. The third-order valence-electron chi connectivity index (χ3n) is 4.79. The first kappa shape index (κ1) is 17.1. The van der Waals surface area contributed by atoms with E-state index in [1.165, 1.54) is 31.3 Å². The first-order chi connectivity index (χ1) is 13.0. The van der Waals surface area contributed by atoms with E-state index >= 15 is 0 Å². The molecule has 3 aromatic rings. The maximum Gasteiger partial charge on any atom is 0.290 e. The number of carbonyl (C=O) groups is 1. The standard InChI is InChI=1S/C20H16FNO5/c1-22-17(10-4-6-14(25-2)15(8-10)26-3)16-18(23)12-9-11(21)5-7-13(12)27-19(16)20(22)24/h4-9,17H,1-3H3/t17-/m1/s1. The van der Waals surface area contributed by atoms with Gasteiger partial charge in [-0.25, -0.2) is 4.39 Å². The smallest absolute Gasteiger partial charge is 0.290 e. The van der Waals surface area contributed by atoms with E-state index in [1.54, 1.807) is 25.2 Å². The number of methoxy groups -OCH3 is 2. The van der Waals surface area contributed by atoms with Gasteiger partial charge < -0.3 is 18.8 Å². The van der Waals surface area contributed by atoms with Crippen LogP contribution in [-0.2, 0) is 0 Å². The summed E-state index contributed by atoms with van der Waals surface area (Å²) in [4.78, 5) is 27.2. The van der Waals surface area contributed by atoms with Gasteiger partial charge in [-0.2, -0.15) is 0 Å². The lowest BCUT2D eigenvalue weighted by atomic mass is 9.98. The van der Waals surface area contributed by atoms with Gasteiger partial charge in [0.05, 0.1) is 31.2 Å². The maximum atomic E-state index is 13.6. The maximum absolute atomic E-state index is 13.6. The third-order valence-corrected chi connectivity index (χ3v) is 4.79. The van der Waals surface area contributed by atoms with Crippen LogP contribution in [0.15, 0.2) is 45.6 Å². The first-order valence-electron chi connectivity index (χ1n) is 8.21. The van der Waals surface area contributed by atoms with Crippen molar-refractivity contribution in [1.29, 1.82) is 0 Å². The second kappa shape index (κ2) is 6.12. The number of halogens is 1. The summed E-state index contributed by atoms with van der Waals surface area (Å²) in [6.07, 6.45) is 0.